The van der Waals surface area contributed by atoms with Crippen molar-refractivity contribution in [3.05, 3.63) is 146 Å². The Hall–Kier alpha value is -4.71. The first-order valence-electron chi connectivity index (χ1n) is 26.3. The molecule has 0 bridgehead atoms. The molecule has 0 aromatic rings. The second-order valence-electron chi connectivity index (χ2n) is 16.6. The van der Waals surface area contributed by atoms with E-state index in [0.29, 0.717) is 19.3 Å². The maximum Gasteiger partial charge on any atom is 0.306 e. The van der Waals surface area contributed by atoms with Crippen LogP contribution in [0.2, 0.25) is 0 Å². The van der Waals surface area contributed by atoms with Crippen LogP contribution < -0.4 is 0 Å². The normalized spacial score (nSPS) is 13.3. The van der Waals surface area contributed by atoms with Gasteiger partial charge in [-0.3, -0.25) is 14.4 Å². The quantitative estimate of drug-likeness (QED) is 0.0262. The molecule has 0 radical (unpaired) electrons. The Morgan fingerprint density at radius 2 is 0.537 bits per heavy atom. The lowest BCUT2D eigenvalue weighted by Crippen LogP contribution is -2.30. The molecule has 67 heavy (non-hydrogen) atoms. The minimum atomic E-state index is -0.827. The molecular formula is C61H94O6. The van der Waals surface area contributed by atoms with Crippen LogP contribution >= 0.6 is 0 Å². The number of unbranched alkanes of at least 4 members (excludes halogenated alkanes) is 10. The van der Waals surface area contributed by atoms with Crippen molar-refractivity contribution in [2.24, 2.45) is 0 Å². The standard InChI is InChI=1S/C61H94O6/c1-4-7-10-13-16-19-22-25-28-29-30-31-34-36-39-42-45-48-51-54-60(63)66-57-58(67-61(64)55-52-49-46-43-40-37-33-27-24-21-18-15-12-9-6-3)56-65-59(62)53-50-47-44-41-38-35-32-26-23-20-17-14-11-8-5-2/h7-12,16-21,25-28,30-33,36,39-40,43,58H,4-6,13-15,22-24,29,34-35,37-38,41-42,44-57H2,1-3H3/b10-7-,11-8-,12-9-,19-16-,20-17-,21-18-,28-25-,31-30-,32-26-,33-27-,39-36-,43-40-. The van der Waals surface area contributed by atoms with E-state index in [1.54, 1.807) is 0 Å². The van der Waals surface area contributed by atoms with Gasteiger partial charge in [0.1, 0.15) is 13.2 Å². The summed E-state index contributed by atoms with van der Waals surface area (Å²) < 4.78 is 16.7. The number of carbonyl (C=O) groups excluding carboxylic acids is 3. The molecule has 0 saturated carbocycles. The molecule has 0 aromatic heterocycles. The monoisotopic (exact) mass is 923 g/mol. The van der Waals surface area contributed by atoms with Crippen LogP contribution in [0.1, 0.15) is 201 Å². The highest BCUT2D eigenvalue weighted by molar-refractivity contribution is 5.71. The van der Waals surface area contributed by atoms with E-state index in [1.807, 2.05) is 0 Å². The number of hydrogen-bond donors (Lipinski definition) is 0. The third kappa shape index (κ3) is 52.1. The van der Waals surface area contributed by atoms with E-state index >= 15 is 0 Å². The Kier molecular flexibility index (Phi) is 50.1. The van der Waals surface area contributed by atoms with E-state index in [-0.39, 0.29) is 37.5 Å². The van der Waals surface area contributed by atoms with Gasteiger partial charge in [-0.2, -0.15) is 0 Å². The number of rotatable bonds is 45. The molecule has 1 unspecified atom stereocenters. The largest absolute Gasteiger partial charge is 0.462 e. The number of carbonyl (C=O) groups is 3. The second-order valence-corrected chi connectivity index (χ2v) is 16.6. The van der Waals surface area contributed by atoms with Crippen molar-refractivity contribution in [1.82, 2.24) is 0 Å². The van der Waals surface area contributed by atoms with Crippen LogP contribution in [0.15, 0.2) is 146 Å². The predicted octanol–water partition coefficient (Wildman–Crippen LogP) is 17.6. The van der Waals surface area contributed by atoms with Crippen LogP contribution in [0, 0.1) is 0 Å². The summed E-state index contributed by atoms with van der Waals surface area (Å²) in [5, 5.41) is 0. The summed E-state index contributed by atoms with van der Waals surface area (Å²) in [6.07, 6.45) is 76.9. The zero-order valence-electron chi connectivity index (χ0n) is 42.6. The summed E-state index contributed by atoms with van der Waals surface area (Å²) in [4.78, 5) is 38.0. The molecule has 0 rings (SSSR count). The molecule has 0 amide bonds. The van der Waals surface area contributed by atoms with Gasteiger partial charge in [-0.15, -0.1) is 0 Å². The zero-order valence-corrected chi connectivity index (χ0v) is 42.6. The van der Waals surface area contributed by atoms with Gasteiger partial charge in [0.05, 0.1) is 0 Å². The van der Waals surface area contributed by atoms with E-state index in [9.17, 15) is 14.4 Å². The first-order valence-corrected chi connectivity index (χ1v) is 26.3. The van der Waals surface area contributed by atoms with Gasteiger partial charge in [-0.05, 0) is 135 Å². The number of ether oxygens (including phenoxy) is 3. The maximum absolute atomic E-state index is 12.8. The second kappa shape index (κ2) is 53.9. The van der Waals surface area contributed by atoms with Crippen LogP contribution in [0.3, 0.4) is 0 Å². The van der Waals surface area contributed by atoms with Gasteiger partial charge in [-0.25, -0.2) is 0 Å². The van der Waals surface area contributed by atoms with Gasteiger partial charge in [-0.1, -0.05) is 192 Å². The van der Waals surface area contributed by atoms with Gasteiger partial charge in [0.25, 0.3) is 0 Å². The molecule has 1 atom stereocenters. The fourth-order valence-corrected chi connectivity index (χ4v) is 6.47. The van der Waals surface area contributed by atoms with E-state index in [1.165, 1.54) is 0 Å². The van der Waals surface area contributed by atoms with Crippen molar-refractivity contribution < 1.29 is 28.6 Å². The Labute approximate surface area is 410 Å². The minimum Gasteiger partial charge on any atom is -0.462 e. The SMILES string of the molecule is CC/C=C\C/C=C\C/C=C\C/C=C\C/C=C\CCCCCC(=O)OCC(COC(=O)CCCCCCC/C=C\C/C=C\C/C=C\CC)OC(=O)CCCC/C=C\C/C=C\C/C=C\C/C=C\CC. The third-order valence-electron chi connectivity index (χ3n) is 10.3. The Morgan fingerprint density at radius 3 is 0.881 bits per heavy atom. The summed E-state index contributed by atoms with van der Waals surface area (Å²) >= 11 is 0. The van der Waals surface area contributed by atoms with Gasteiger partial charge >= 0.3 is 17.9 Å². The molecule has 0 aromatic carbocycles. The minimum absolute atomic E-state index is 0.121. The van der Waals surface area contributed by atoms with E-state index in [2.05, 4.69) is 167 Å². The highest BCUT2D eigenvalue weighted by Gasteiger charge is 2.19. The number of hydrogen-bond acceptors (Lipinski definition) is 6. The van der Waals surface area contributed by atoms with Gasteiger partial charge in [0.15, 0.2) is 6.10 Å². The Bertz CT molecular complexity index is 1530. The molecule has 0 N–H and O–H groups in total. The third-order valence-corrected chi connectivity index (χ3v) is 10.3. The summed E-state index contributed by atoms with van der Waals surface area (Å²) in [7, 11) is 0. The summed E-state index contributed by atoms with van der Waals surface area (Å²) in [5.41, 5.74) is 0. The predicted molar refractivity (Wildman–Crippen MR) is 288 cm³/mol. The topological polar surface area (TPSA) is 78.9 Å². The molecule has 6 heteroatoms. The van der Waals surface area contributed by atoms with Crippen LogP contribution in [0.4, 0.5) is 0 Å². The summed E-state index contributed by atoms with van der Waals surface area (Å²) in [5.74, 6) is -1.02. The van der Waals surface area contributed by atoms with Crippen molar-refractivity contribution in [1.29, 1.82) is 0 Å². The molecule has 0 fully saturated rings. The van der Waals surface area contributed by atoms with Crippen molar-refractivity contribution >= 4 is 17.9 Å². The molecule has 0 heterocycles. The van der Waals surface area contributed by atoms with Crippen LogP contribution in [0.25, 0.3) is 0 Å². The lowest BCUT2D eigenvalue weighted by atomic mass is 10.1. The zero-order chi connectivity index (χ0) is 48.6. The van der Waals surface area contributed by atoms with Crippen LogP contribution in [0.5, 0.6) is 0 Å². The molecule has 0 aliphatic heterocycles. The Morgan fingerprint density at radius 1 is 0.299 bits per heavy atom. The molecule has 0 saturated heterocycles. The maximum atomic E-state index is 12.8. The number of esters is 3. The molecule has 0 spiro atoms. The highest BCUT2D eigenvalue weighted by atomic mass is 16.6. The smallest absolute Gasteiger partial charge is 0.306 e. The first kappa shape index (κ1) is 62.3. The fraction of sp³-hybridized carbons (Fsp3) is 0.557. The van der Waals surface area contributed by atoms with E-state index in [0.717, 1.165) is 154 Å². The van der Waals surface area contributed by atoms with Crippen molar-refractivity contribution in [2.75, 3.05) is 13.2 Å². The Balaban J connectivity index is 4.57. The average molecular weight is 923 g/mol. The van der Waals surface area contributed by atoms with Crippen molar-refractivity contribution in [2.45, 2.75) is 207 Å². The van der Waals surface area contributed by atoms with E-state index < -0.39 is 6.10 Å². The van der Waals surface area contributed by atoms with Gasteiger partial charge in [0.2, 0.25) is 0 Å². The van der Waals surface area contributed by atoms with Gasteiger partial charge in [0, 0.05) is 19.3 Å². The molecular weight excluding hydrogens is 829 g/mol. The lowest BCUT2D eigenvalue weighted by Gasteiger charge is -2.18. The fourth-order valence-electron chi connectivity index (χ4n) is 6.47. The van der Waals surface area contributed by atoms with Crippen LogP contribution in [-0.4, -0.2) is 37.2 Å². The summed E-state index contributed by atoms with van der Waals surface area (Å²) in [6.45, 7) is 6.19. The first-order chi connectivity index (χ1) is 33.0. The van der Waals surface area contributed by atoms with E-state index in [4.69, 9.17) is 14.2 Å². The molecule has 0 aliphatic carbocycles. The molecule has 374 valence electrons. The number of allylic oxidation sites excluding steroid dienone is 24. The van der Waals surface area contributed by atoms with Crippen molar-refractivity contribution in [3.8, 4) is 0 Å². The average Bonchev–Trinajstić information content (AvgIpc) is 3.33. The lowest BCUT2D eigenvalue weighted by molar-refractivity contribution is -0.167. The van der Waals surface area contributed by atoms with Crippen molar-refractivity contribution in [3.63, 3.8) is 0 Å². The highest BCUT2D eigenvalue weighted by Crippen LogP contribution is 2.12. The van der Waals surface area contributed by atoms with Crippen LogP contribution in [-0.2, 0) is 28.6 Å². The molecule has 0 aliphatic rings. The summed E-state index contributed by atoms with van der Waals surface area (Å²) in [6, 6.07) is 0. The molecule has 6 nitrogen and oxygen atoms in total. The van der Waals surface area contributed by atoms with Gasteiger partial charge < -0.3 is 14.2 Å².